The second kappa shape index (κ2) is 5.63. The van der Waals surface area contributed by atoms with Crippen molar-refractivity contribution in [3.8, 4) is 0 Å². The maximum atomic E-state index is 11.7. The minimum absolute atomic E-state index is 0.0209. The summed E-state index contributed by atoms with van der Waals surface area (Å²) < 4.78 is 2.62. The summed E-state index contributed by atoms with van der Waals surface area (Å²) in [5, 5.41) is 6.89. The molecule has 0 radical (unpaired) electrons. The highest BCUT2D eigenvalue weighted by atomic mass is 79.9. The van der Waals surface area contributed by atoms with Crippen LogP contribution in [0.25, 0.3) is 0 Å². The molecule has 1 amide bonds. The van der Waals surface area contributed by atoms with Gasteiger partial charge in [-0.1, -0.05) is 12.1 Å². The Kier molecular flexibility index (Phi) is 3.93. The van der Waals surface area contributed by atoms with Gasteiger partial charge in [0.2, 0.25) is 5.91 Å². The van der Waals surface area contributed by atoms with Crippen molar-refractivity contribution in [2.45, 2.75) is 13.0 Å². The second-order valence-electron chi connectivity index (χ2n) is 3.55. The first-order chi connectivity index (χ1) is 8.25. The van der Waals surface area contributed by atoms with Crippen molar-refractivity contribution in [3.05, 3.63) is 47.2 Å². The first-order valence-corrected chi connectivity index (χ1v) is 6.07. The fraction of sp³-hybridized carbons (Fsp3) is 0.167. The van der Waals surface area contributed by atoms with Gasteiger partial charge in [0, 0.05) is 29.8 Å². The van der Waals surface area contributed by atoms with E-state index >= 15 is 0 Å². The number of rotatable bonds is 4. The average molecular weight is 294 g/mol. The molecular weight excluding hydrogens is 282 g/mol. The van der Waals surface area contributed by atoms with Crippen LogP contribution in [0.2, 0.25) is 0 Å². The quantitative estimate of drug-likeness (QED) is 0.942. The van der Waals surface area contributed by atoms with E-state index in [4.69, 9.17) is 0 Å². The molecule has 0 spiro atoms. The van der Waals surface area contributed by atoms with Gasteiger partial charge in [0.1, 0.15) is 0 Å². The number of carbonyl (C=O) groups is 1. The predicted octanol–water partition coefficient (Wildman–Crippen LogP) is 2.67. The van der Waals surface area contributed by atoms with E-state index in [1.165, 1.54) is 0 Å². The van der Waals surface area contributed by atoms with E-state index in [-0.39, 0.29) is 5.91 Å². The highest BCUT2D eigenvalue weighted by molar-refractivity contribution is 9.10. The zero-order chi connectivity index (χ0) is 12.1. The Morgan fingerprint density at radius 3 is 2.88 bits per heavy atom. The molecule has 2 aromatic rings. The molecule has 1 aromatic heterocycles. The number of anilines is 1. The largest absolute Gasteiger partial charge is 0.325 e. The molecule has 0 aliphatic carbocycles. The van der Waals surface area contributed by atoms with Crippen LogP contribution in [-0.4, -0.2) is 15.7 Å². The second-order valence-corrected chi connectivity index (χ2v) is 4.40. The number of nitrogens with zero attached hydrogens (tertiary/aromatic N) is 2. The Morgan fingerprint density at radius 1 is 1.35 bits per heavy atom. The zero-order valence-electron chi connectivity index (χ0n) is 9.14. The van der Waals surface area contributed by atoms with Crippen molar-refractivity contribution in [1.82, 2.24) is 9.78 Å². The van der Waals surface area contributed by atoms with E-state index in [0.29, 0.717) is 13.0 Å². The van der Waals surface area contributed by atoms with Gasteiger partial charge < -0.3 is 5.32 Å². The molecule has 0 aliphatic rings. The Labute approximate surface area is 108 Å². The lowest BCUT2D eigenvalue weighted by Crippen LogP contribution is -2.14. The maximum absolute atomic E-state index is 11.7. The number of para-hydroxylation sites is 1. The number of carbonyl (C=O) groups excluding carboxylic acids is 1. The molecule has 0 atom stereocenters. The van der Waals surface area contributed by atoms with E-state index in [0.717, 1.165) is 10.2 Å². The number of nitrogens with one attached hydrogen (secondary N) is 1. The van der Waals surface area contributed by atoms with E-state index in [9.17, 15) is 4.79 Å². The zero-order valence-corrected chi connectivity index (χ0v) is 10.7. The molecule has 88 valence electrons. The van der Waals surface area contributed by atoms with Crippen molar-refractivity contribution in [2.24, 2.45) is 0 Å². The molecule has 0 fully saturated rings. The molecule has 17 heavy (non-hydrogen) atoms. The van der Waals surface area contributed by atoms with Crippen LogP contribution < -0.4 is 5.32 Å². The summed E-state index contributed by atoms with van der Waals surface area (Å²) in [7, 11) is 0. The third-order valence-electron chi connectivity index (χ3n) is 2.28. The number of benzene rings is 1. The topological polar surface area (TPSA) is 46.9 Å². The van der Waals surface area contributed by atoms with Crippen LogP contribution in [0.15, 0.2) is 47.2 Å². The summed E-state index contributed by atoms with van der Waals surface area (Å²) >= 11 is 3.38. The third kappa shape index (κ3) is 3.42. The molecule has 0 saturated heterocycles. The van der Waals surface area contributed by atoms with Gasteiger partial charge in [0.05, 0.1) is 5.69 Å². The van der Waals surface area contributed by atoms with E-state index < -0.39 is 0 Å². The van der Waals surface area contributed by atoms with E-state index in [1.54, 1.807) is 10.9 Å². The molecule has 1 heterocycles. The van der Waals surface area contributed by atoms with Crippen LogP contribution in [0, 0.1) is 0 Å². The molecule has 0 unspecified atom stereocenters. The summed E-state index contributed by atoms with van der Waals surface area (Å²) in [5.41, 5.74) is 0.790. The summed E-state index contributed by atoms with van der Waals surface area (Å²) in [6.45, 7) is 0.587. The van der Waals surface area contributed by atoms with Crippen LogP contribution in [0.5, 0.6) is 0 Å². The number of amides is 1. The Bertz CT molecular complexity index is 496. The normalized spacial score (nSPS) is 10.2. The van der Waals surface area contributed by atoms with Gasteiger partial charge in [-0.2, -0.15) is 5.10 Å². The maximum Gasteiger partial charge on any atom is 0.226 e. The molecule has 1 aromatic carbocycles. The first kappa shape index (κ1) is 11.9. The summed E-state index contributed by atoms with van der Waals surface area (Å²) in [5.74, 6) is -0.0209. The Balaban J connectivity index is 1.87. The van der Waals surface area contributed by atoms with Gasteiger partial charge in [-0.25, -0.2) is 0 Å². The lowest BCUT2D eigenvalue weighted by atomic mass is 10.3. The monoisotopic (exact) mass is 293 g/mol. The van der Waals surface area contributed by atoms with Gasteiger partial charge in [0.15, 0.2) is 0 Å². The van der Waals surface area contributed by atoms with Gasteiger partial charge in [-0.3, -0.25) is 9.48 Å². The minimum atomic E-state index is -0.0209. The molecular formula is C12H12BrN3O. The van der Waals surface area contributed by atoms with E-state index in [1.807, 2.05) is 36.5 Å². The van der Waals surface area contributed by atoms with Gasteiger partial charge in [-0.05, 0) is 34.1 Å². The fourth-order valence-electron chi connectivity index (χ4n) is 1.42. The lowest BCUT2D eigenvalue weighted by Gasteiger charge is -2.07. The average Bonchev–Trinajstić information content (AvgIpc) is 2.82. The molecule has 5 heteroatoms. The SMILES string of the molecule is O=C(CCn1cccn1)Nc1ccccc1Br. The highest BCUT2D eigenvalue weighted by Crippen LogP contribution is 2.21. The summed E-state index contributed by atoms with van der Waals surface area (Å²) in [4.78, 5) is 11.7. The number of hydrogen-bond acceptors (Lipinski definition) is 2. The lowest BCUT2D eigenvalue weighted by molar-refractivity contribution is -0.116. The van der Waals surface area contributed by atoms with Crippen LogP contribution in [-0.2, 0) is 11.3 Å². The molecule has 0 saturated carbocycles. The van der Waals surface area contributed by atoms with Gasteiger partial charge >= 0.3 is 0 Å². The third-order valence-corrected chi connectivity index (χ3v) is 2.97. The van der Waals surface area contributed by atoms with Crippen molar-refractivity contribution >= 4 is 27.5 Å². The first-order valence-electron chi connectivity index (χ1n) is 5.27. The standard InChI is InChI=1S/C12H12BrN3O/c13-10-4-1-2-5-11(10)15-12(17)6-9-16-8-3-7-14-16/h1-5,7-8H,6,9H2,(H,15,17). The predicted molar refractivity (Wildman–Crippen MR) is 69.6 cm³/mol. The Hall–Kier alpha value is -1.62. The number of hydrogen-bond donors (Lipinski definition) is 1. The number of aryl methyl sites for hydroxylation is 1. The van der Waals surface area contributed by atoms with Crippen LogP contribution in [0.4, 0.5) is 5.69 Å². The van der Waals surface area contributed by atoms with Gasteiger partial charge in [0.25, 0.3) is 0 Å². The van der Waals surface area contributed by atoms with Crippen molar-refractivity contribution in [1.29, 1.82) is 0 Å². The minimum Gasteiger partial charge on any atom is -0.325 e. The Morgan fingerprint density at radius 2 is 2.18 bits per heavy atom. The highest BCUT2D eigenvalue weighted by Gasteiger charge is 2.04. The van der Waals surface area contributed by atoms with E-state index in [2.05, 4.69) is 26.3 Å². The number of aromatic nitrogens is 2. The van der Waals surface area contributed by atoms with Crippen molar-refractivity contribution in [3.63, 3.8) is 0 Å². The van der Waals surface area contributed by atoms with Crippen LogP contribution in [0.1, 0.15) is 6.42 Å². The molecule has 0 aliphatic heterocycles. The van der Waals surface area contributed by atoms with Gasteiger partial charge in [-0.15, -0.1) is 0 Å². The molecule has 4 nitrogen and oxygen atoms in total. The number of halogens is 1. The van der Waals surface area contributed by atoms with Crippen LogP contribution in [0.3, 0.4) is 0 Å². The summed E-state index contributed by atoms with van der Waals surface area (Å²) in [6.07, 6.45) is 3.94. The van der Waals surface area contributed by atoms with Crippen molar-refractivity contribution < 1.29 is 4.79 Å². The smallest absolute Gasteiger partial charge is 0.226 e. The van der Waals surface area contributed by atoms with Crippen molar-refractivity contribution in [2.75, 3.05) is 5.32 Å². The summed E-state index contributed by atoms with van der Waals surface area (Å²) in [6, 6.07) is 9.38. The molecule has 1 N–H and O–H groups in total. The molecule has 2 rings (SSSR count). The molecule has 0 bridgehead atoms. The fourth-order valence-corrected chi connectivity index (χ4v) is 1.81. The van der Waals surface area contributed by atoms with Crippen LogP contribution >= 0.6 is 15.9 Å².